The van der Waals surface area contributed by atoms with E-state index in [4.69, 9.17) is 5.73 Å². The normalized spacial score (nSPS) is 11.5. The molecule has 2 nitrogen and oxygen atoms in total. The van der Waals surface area contributed by atoms with Gasteiger partial charge in [-0.15, -0.1) is 0 Å². The van der Waals surface area contributed by atoms with Crippen LogP contribution in [0.25, 0.3) is 0 Å². The zero-order valence-corrected chi connectivity index (χ0v) is 9.39. The summed E-state index contributed by atoms with van der Waals surface area (Å²) >= 11 is 0. The Kier molecular flexibility index (Phi) is 4.09. The highest BCUT2D eigenvalue weighted by atomic mass is 19.1. The lowest BCUT2D eigenvalue weighted by atomic mass is 9.92. The van der Waals surface area contributed by atoms with Gasteiger partial charge >= 0.3 is 0 Å². The van der Waals surface area contributed by atoms with E-state index in [-0.39, 0.29) is 11.4 Å². The van der Waals surface area contributed by atoms with Crippen LogP contribution in [-0.4, -0.2) is 12.1 Å². The van der Waals surface area contributed by atoms with Crippen LogP contribution in [0.2, 0.25) is 0 Å². The SMILES string of the molecule is CCC(CC)(CN)Nc1ccc(F)cc1. The smallest absolute Gasteiger partial charge is 0.123 e. The number of rotatable bonds is 5. The highest BCUT2D eigenvalue weighted by Gasteiger charge is 2.23. The lowest BCUT2D eigenvalue weighted by Crippen LogP contribution is -2.44. The molecule has 0 fully saturated rings. The molecular formula is C12H19FN2. The molecule has 0 aliphatic heterocycles. The third-order valence-corrected chi connectivity index (χ3v) is 3.00. The summed E-state index contributed by atoms with van der Waals surface area (Å²) in [6, 6.07) is 6.39. The van der Waals surface area contributed by atoms with Crippen LogP contribution in [0.1, 0.15) is 26.7 Å². The van der Waals surface area contributed by atoms with Crippen LogP contribution in [0, 0.1) is 5.82 Å². The number of hydrogen-bond donors (Lipinski definition) is 2. The largest absolute Gasteiger partial charge is 0.378 e. The molecule has 0 aliphatic carbocycles. The van der Waals surface area contributed by atoms with Gasteiger partial charge in [0.15, 0.2) is 0 Å². The number of anilines is 1. The average molecular weight is 210 g/mol. The van der Waals surface area contributed by atoms with Crippen LogP contribution in [0.15, 0.2) is 24.3 Å². The fourth-order valence-electron chi connectivity index (χ4n) is 1.61. The molecule has 0 spiro atoms. The van der Waals surface area contributed by atoms with Crippen LogP contribution in [-0.2, 0) is 0 Å². The number of benzene rings is 1. The van der Waals surface area contributed by atoms with E-state index in [1.54, 1.807) is 12.1 Å². The van der Waals surface area contributed by atoms with E-state index in [1.165, 1.54) is 12.1 Å². The molecular weight excluding hydrogens is 191 g/mol. The van der Waals surface area contributed by atoms with Crippen molar-refractivity contribution in [1.29, 1.82) is 0 Å². The molecule has 0 unspecified atom stereocenters. The van der Waals surface area contributed by atoms with Gasteiger partial charge in [0.2, 0.25) is 0 Å². The van der Waals surface area contributed by atoms with Gasteiger partial charge in [-0.1, -0.05) is 13.8 Å². The predicted octanol–water partition coefficient (Wildman–Crippen LogP) is 2.76. The Bertz CT molecular complexity index is 283. The minimum absolute atomic E-state index is 0.0716. The van der Waals surface area contributed by atoms with E-state index in [0.29, 0.717) is 6.54 Å². The summed E-state index contributed by atoms with van der Waals surface area (Å²) in [7, 11) is 0. The van der Waals surface area contributed by atoms with E-state index in [1.807, 2.05) is 0 Å². The van der Waals surface area contributed by atoms with Gasteiger partial charge in [0, 0.05) is 17.8 Å². The van der Waals surface area contributed by atoms with Gasteiger partial charge < -0.3 is 11.1 Å². The second-order valence-electron chi connectivity index (χ2n) is 3.82. The van der Waals surface area contributed by atoms with E-state index < -0.39 is 0 Å². The summed E-state index contributed by atoms with van der Waals surface area (Å²) in [4.78, 5) is 0. The van der Waals surface area contributed by atoms with Crippen molar-refractivity contribution >= 4 is 5.69 Å². The van der Waals surface area contributed by atoms with E-state index >= 15 is 0 Å². The molecule has 1 rings (SSSR count). The fraction of sp³-hybridized carbons (Fsp3) is 0.500. The lowest BCUT2D eigenvalue weighted by molar-refractivity contribution is 0.445. The number of hydrogen-bond acceptors (Lipinski definition) is 2. The van der Waals surface area contributed by atoms with Crippen LogP contribution < -0.4 is 11.1 Å². The monoisotopic (exact) mass is 210 g/mol. The Morgan fingerprint density at radius 3 is 2.13 bits per heavy atom. The average Bonchev–Trinajstić information content (AvgIpc) is 2.29. The van der Waals surface area contributed by atoms with Gasteiger partial charge in [0.25, 0.3) is 0 Å². The second-order valence-corrected chi connectivity index (χ2v) is 3.82. The Morgan fingerprint density at radius 2 is 1.73 bits per heavy atom. The van der Waals surface area contributed by atoms with Crippen LogP contribution >= 0.6 is 0 Å². The Labute approximate surface area is 90.7 Å². The van der Waals surface area contributed by atoms with Crippen LogP contribution in [0.5, 0.6) is 0 Å². The molecule has 0 aliphatic rings. The van der Waals surface area contributed by atoms with Crippen molar-refractivity contribution in [2.75, 3.05) is 11.9 Å². The highest BCUT2D eigenvalue weighted by Crippen LogP contribution is 2.21. The Balaban J connectivity index is 2.78. The molecule has 0 bridgehead atoms. The zero-order valence-electron chi connectivity index (χ0n) is 9.39. The summed E-state index contributed by atoms with van der Waals surface area (Å²) in [5, 5.41) is 3.38. The number of nitrogens with one attached hydrogen (secondary N) is 1. The third-order valence-electron chi connectivity index (χ3n) is 3.00. The molecule has 3 N–H and O–H groups in total. The second kappa shape index (κ2) is 5.12. The van der Waals surface area contributed by atoms with Gasteiger partial charge in [-0.3, -0.25) is 0 Å². The molecule has 1 aromatic carbocycles. The summed E-state index contributed by atoms with van der Waals surface area (Å²) < 4.78 is 12.7. The van der Waals surface area contributed by atoms with Gasteiger partial charge in [0.05, 0.1) is 0 Å². The Morgan fingerprint density at radius 1 is 1.20 bits per heavy atom. The topological polar surface area (TPSA) is 38.0 Å². The Hall–Kier alpha value is -1.09. The summed E-state index contributed by atoms with van der Waals surface area (Å²) in [6.45, 7) is 4.79. The maximum absolute atomic E-state index is 12.7. The van der Waals surface area contributed by atoms with Crippen molar-refractivity contribution < 1.29 is 4.39 Å². The summed E-state index contributed by atoms with van der Waals surface area (Å²) in [6.07, 6.45) is 1.91. The lowest BCUT2D eigenvalue weighted by Gasteiger charge is -2.32. The summed E-state index contributed by atoms with van der Waals surface area (Å²) in [5.74, 6) is -0.216. The highest BCUT2D eigenvalue weighted by molar-refractivity contribution is 5.45. The maximum Gasteiger partial charge on any atom is 0.123 e. The third kappa shape index (κ3) is 2.93. The number of halogens is 1. The fourth-order valence-corrected chi connectivity index (χ4v) is 1.61. The van der Waals surface area contributed by atoms with Crippen LogP contribution in [0.3, 0.4) is 0 Å². The molecule has 0 saturated carbocycles. The van der Waals surface area contributed by atoms with Crippen molar-refractivity contribution in [3.63, 3.8) is 0 Å². The van der Waals surface area contributed by atoms with Crippen molar-refractivity contribution in [3.8, 4) is 0 Å². The van der Waals surface area contributed by atoms with E-state index in [0.717, 1.165) is 18.5 Å². The minimum Gasteiger partial charge on any atom is -0.378 e. The molecule has 3 heteroatoms. The van der Waals surface area contributed by atoms with Crippen molar-refractivity contribution in [2.24, 2.45) is 5.73 Å². The van der Waals surface area contributed by atoms with Crippen LogP contribution in [0.4, 0.5) is 10.1 Å². The van der Waals surface area contributed by atoms with Crippen molar-refractivity contribution in [1.82, 2.24) is 0 Å². The molecule has 0 radical (unpaired) electrons. The van der Waals surface area contributed by atoms with Gasteiger partial charge in [-0.05, 0) is 37.1 Å². The first-order valence-electron chi connectivity index (χ1n) is 5.39. The van der Waals surface area contributed by atoms with E-state index in [9.17, 15) is 4.39 Å². The summed E-state index contributed by atoms with van der Waals surface area (Å²) in [5.41, 5.74) is 6.62. The first-order valence-corrected chi connectivity index (χ1v) is 5.39. The first-order chi connectivity index (χ1) is 7.15. The molecule has 0 saturated heterocycles. The number of nitrogens with two attached hydrogens (primary N) is 1. The molecule has 1 aromatic rings. The molecule has 0 aromatic heterocycles. The van der Waals surface area contributed by atoms with Gasteiger partial charge in [-0.25, -0.2) is 4.39 Å². The van der Waals surface area contributed by atoms with Crippen molar-refractivity contribution in [2.45, 2.75) is 32.2 Å². The van der Waals surface area contributed by atoms with Gasteiger partial charge in [0.1, 0.15) is 5.82 Å². The molecule has 84 valence electrons. The maximum atomic E-state index is 12.7. The first kappa shape index (κ1) is 12.0. The van der Waals surface area contributed by atoms with E-state index in [2.05, 4.69) is 19.2 Å². The van der Waals surface area contributed by atoms with Gasteiger partial charge in [-0.2, -0.15) is 0 Å². The van der Waals surface area contributed by atoms with Crippen molar-refractivity contribution in [3.05, 3.63) is 30.1 Å². The quantitative estimate of drug-likeness (QED) is 0.784. The standard InChI is InChI=1S/C12H19FN2/c1-3-12(4-2,9-14)15-11-7-5-10(13)6-8-11/h5-8,15H,3-4,9,14H2,1-2H3. The molecule has 15 heavy (non-hydrogen) atoms. The molecule has 0 amide bonds. The molecule has 0 atom stereocenters. The minimum atomic E-state index is -0.216. The molecule has 0 heterocycles. The predicted molar refractivity (Wildman–Crippen MR) is 62.4 cm³/mol. The zero-order chi connectivity index (χ0) is 11.3.